The minimum absolute atomic E-state index is 0.0810. The van der Waals surface area contributed by atoms with Gasteiger partial charge in [0.15, 0.2) is 0 Å². The van der Waals surface area contributed by atoms with Crippen molar-refractivity contribution in [2.75, 3.05) is 13.2 Å². The summed E-state index contributed by atoms with van der Waals surface area (Å²) in [5.74, 6) is -1.000. The zero-order chi connectivity index (χ0) is 14.7. The van der Waals surface area contributed by atoms with Crippen molar-refractivity contribution in [3.63, 3.8) is 0 Å². The van der Waals surface area contributed by atoms with E-state index >= 15 is 0 Å². The number of aliphatic carboxylic acids is 1. The van der Waals surface area contributed by atoms with Crippen LogP contribution in [0.3, 0.4) is 0 Å². The summed E-state index contributed by atoms with van der Waals surface area (Å²) in [6, 6.07) is 2.88. The maximum Gasteiger partial charge on any atom is 0.308 e. The number of nitrogens with one attached hydrogen (secondary N) is 1. The van der Waals surface area contributed by atoms with Gasteiger partial charge in [0.2, 0.25) is 10.0 Å². The smallest absolute Gasteiger partial charge is 0.308 e. The molecular formula is C11H17NO5S2. The number of hydrogen-bond acceptors (Lipinski definition) is 5. The summed E-state index contributed by atoms with van der Waals surface area (Å²) in [6.07, 6.45) is -0.192. The molecule has 3 N–H and O–H groups in total. The quantitative estimate of drug-likeness (QED) is 0.687. The molecule has 0 unspecified atom stereocenters. The molecule has 1 aromatic rings. The summed E-state index contributed by atoms with van der Waals surface area (Å²) >= 11 is 0.933. The Morgan fingerprint density at radius 2 is 2.05 bits per heavy atom. The first-order valence-electron chi connectivity index (χ1n) is 5.57. The van der Waals surface area contributed by atoms with Gasteiger partial charge in [-0.3, -0.25) is 4.79 Å². The van der Waals surface area contributed by atoms with Crippen LogP contribution in [0.1, 0.15) is 18.7 Å². The summed E-state index contributed by atoms with van der Waals surface area (Å²) in [6.45, 7) is 3.45. The fourth-order valence-corrected chi connectivity index (χ4v) is 3.80. The second kappa shape index (κ2) is 6.00. The van der Waals surface area contributed by atoms with E-state index in [1.165, 1.54) is 12.1 Å². The third kappa shape index (κ3) is 4.90. The number of sulfonamides is 1. The molecule has 0 atom stereocenters. The number of carboxylic acid groups (broad SMARTS) is 1. The first-order chi connectivity index (χ1) is 8.66. The molecule has 0 bridgehead atoms. The van der Waals surface area contributed by atoms with E-state index in [2.05, 4.69) is 4.72 Å². The summed E-state index contributed by atoms with van der Waals surface area (Å²) in [5, 5.41) is 17.7. The van der Waals surface area contributed by atoms with Crippen LogP contribution in [0.2, 0.25) is 0 Å². The van der Waals surface area contributed by atoms with Crippen LogP contribution in [-0.4, -0.2) is 37.8 Å². The number of rotatable bonds is 7. The van der Waals surface area contributed by atoms with E-state index in [1.54, 1.807) is 13.8 Å². The molecule has 0 aliphatic heterocycles. The number of carboxylic acids is 1. The highest BCUT2D eigenvalue weighted by Crippen LogP contribution is 2.22. The maximum absolute atomic E-state index is 12.0. The second-order valence-corrected chi connectivity index (χ2v) is 8.10. The summed E-state index contributed by atoms with van der Waals surface area (Å²) < 4.78 is 26.4. The zero-order valence-electron chi connectivity index (χ0n) is 10.7. The predicted octanol–water partition coefficient (Wildman–Crippen LogP) is 0.672. The Hall–Kier alpha value is -0.960. The van der Waals surface area contributed by atoms with Gasteiger partial charge in [0.1, 0.15) is 4.21 Å². The van der Waals surface area contributed by atoms with Gasteiger partial charge in [0.25, 0.3) is 0 Å². The normalized spacial score (nSPS) is 12.6. The topological polar surface area (TPSA) is 104 Å². The highest BCUT2D eigenvalue weighted by atomic mass is 32.2. The highest BCUT2D eigenvalue weighted by Gasteiger charge is 2.23. The SMILES string of the molecule is CC(C)(CO)CNS(=O)(=O)c1ccc(CC(=O)O)s1. The van der Waals surface area contributed by atoms with Gasteiger partial charge < -0.3 is 10.2 Å². The molecular weight excluding hydrogens is 290 g/mol. The molecule has 1 rings (SSSR count). The van der Waals surface area contributed by atoms with Gasteiger partial charge in [-0.05, 0) is 12.1 Å². The maximum atomic E-state index is 12.0. The Morgan fingerprint density at radius 1 is 1.42 bits per heavy atom. The van der Waals surface area contributed by atoms with Gasteiger partial charge in [0.05, 0.1) is 6.42 Å². The fraction of sp³-hybridized carbons (Fsp3) is 0.545. The van der Waals surface area contributed by atoms with Crippen molar-refractivity contribution in [2.24, 2.45) is 5.41 Å². The molecule has 0 amide bonds. The minimum atomic E-state index is -3.65. The molecule has 1 aromatic heterocycles. The Bertz CT molecular complexity index is 547. The van der Waals surface area contributed by atoms with Crippen molar-refractivity contribution in [1.82, 2.24) is 4.72 Å². The number of aliphatic hydroxyl groups is 1. The van der Waals surface area contributed by atoms with E-state index in [0.29, 0.717) is 4.88 Å². The first-order valence-corrected chi connectivity index (χ1v) is 7.87. The molecule has 1 heterocycles. The van der Waals surface area contributed by atoms with Crippen molar-refractivity contribution >= 4 is 27.3 Å². The average molecular weight is 307 g/mol. The molecule has 0 aromatic carbocycles. The molecule has 0 saturated carbocycles. The second-order valence-electron chi connectivity index (χ2n) is 4.94. The molecule has 6 nitrogen and oxygen atoms in total. The van der Waals surface area contributed by atoms with Gasteiger partial charge in [-0.1, -0.05) is 13.8 Å². The van der Waals surface area contributed by atoms with Gasteiger partial charge in [-0.15, -0.1) is 11.3 Å². The van der Waals surface area contributed by atoms with Crippen molar-refractivity contribution in [1.29, 1.82) is 0 Å². The molecule has 8 heteroatoms. The molecule has 0 aliphatic rings. The van der Waals surface area contributed by atoms with E-state index in [0.717, 1.165) is 11.3 Å². The van der Waals surface area contributed by atoms with E-state index in [4.69, 9.17) is 10.2 Å². The minimum Gasteiger partial charge on any atom is -0.481 e. The van der Waals surface area contributed by atoms with E-state index in [-0.39, 0.29) is 23.8 Å². The molecule has 0 saturated heterocycles. The van der Waals surface area contributed by atoms with Crippen LogP contribution in [0.15, 0.2) is 16.3 Å². The number of carbonyl (C=O) groups is 1. The largest absolute Gasteiger partial charge is 0.481 e. The van der Waals surface area contributed by atoms with Gasteiger partial charge in [0, 0.05) is 23.4 Å². The summed E-state index contributed by atoms with van der Waals surface area (Å²) in [4.78, 5) is 11.0. The Labute approximate surface area is 116 Å². The predicted molar refractivity (Wildman–Crippen MR) is 71.7 cm³/mol. The Balaban J connectivity index is 2.78. The third-order valence-electron chi connectivity index (χ3n) is 2.40. The lowest BCUT2D eigenvalue weighted by Crippen LogP contribution is -2.35. The van der Waals surface area contributed by atoms with Crippen molar-refractivity contribution in [3.8, 4) is 0 Å². The third-order valence-corrected chi connectivity index (χ3v) is 5.37. The zero-order valence-corrected chi connectivity index (χ0v) is 12.3. The van der Waals surface area contributed by atoms with Crippen LogP contribution in [0.4, 0.5) is 0 Å². The highest BCUT2D eigenvalue weighted by molar-refractivity contribution is 7.91. The lowest BCUT2D eigenvalue weighted by molar-refractivity contribution is -0.136. The van der Waals surface area contributed by atoms with Gasteiger partial charge in [-0.2, -0.15) is 0 Å². The van der Waals surface area contributed by atoms with Crippen molar-refractivity contribution < 1.29 is 23.4 Å². The average Bonchev–Trinajstić information content (AvgIpc) is 2.75. The van der Waals surface area contributed by atoms with Crippen LogP contribution in [0.5, 0.6) is 0 Å². The van der Waals surface area contributed by atoms with Crippen LogP contribution in [0, 0.1) is 5.41 Å². The Morgan fingerprint density at radius 3 is 2.58 bits per heavy atom. The number of aliphatic hydroxyl groups excluding tert-OH is 1. The monoisotopic (exact) mass is 307 g/mol. The lowest BCUT2D eigenvalue weighted by atomic mass is 9.96. The summed E-state index contributed by atoms with van der Waals surface area (Å²) in [7, 11) is -3.65. The van der Waals surface area contributed by atoms with Crippen LogP contribution in [0.25, 0.3) is 0 Å². The van der Waals surface area contributed by atoms with Crippen molar-refractivity contribution in [3.05, 3.63) is 17.0 Å². The number of thiophene rings is 1. The fourth-order valence-electron chi connectivity index (χ4n) is 1.16. The first kappa shape index (κ1) is 16.1. The van der Waals surface area contributed by atoms with E-state index in [1.807, 2.05) is 0 Å². The van der Waals surface area contributed by atoms with Crippen LogP contribution in [-0.2, 0) is 21.2 Å². The molecule has 0 fully saturated rings. The Kier molecular flexibility index (Phi) is 5.08. The molecule has 0 aliphatic carbocycles. The molecule has 108 valence electrons. The van der Waals surface area contributed by atoms with Crippen LogP contribution < -0.4 is 4.72 Å². The van der Waals surface area contributed by atoms with E-state index < -0.39 is 21.4 Å². The molecule has 0 radical (unpaired) electrons. The number of hydrogen-bond donors (Lipinski definition) is 3. The van der Waals surface area contributed by atoms with Gasteiger partial charge >= 0.3 is 5.97 Å². The standard InChI is InChI=1S/C11H17NO5S2/c1-11(2,7-13)6-12-19(16,17)10-4-3-8(18-10)5-9(14)15/h3-4,12-13H,5-7H2,1-2H3,(H,14,15). The van der Waals surface area contributed by atoms with Gasteiger partial charge in [-0.25, -0.2) is 13.1 Å². The van der Waals surface area contributed by atoms with E-state index in [9.17, 15) is 13.2 Å². The van der Waals surface area contributed by atoms with Crippen LogP contribution >= 0.6 is 11.3 Å². The molecule has 0 spiro atoms. The lowest BCUT2D eigenvalue weighted by Gasteiger charge is -2.21. The molecule has 19 heavy (non-hydrogen) atoms. The van der Waals surface area contributed by atoms with Crippen molar-refractivity contribution in [2.45, 2.75) is 24.5 Å². The summed E-state index contributed by atoms with van der Waals surface area (Å²) in [5.41, 5.74) is -0.547.